The van der Waals surface area contributed by atoms with Gasteiger partial charge in [0.1, 0.15) is 5.57 Å². The molecule has 1 fully saturated rings. The predicted molar refractivity (Wildman–Crippen MR) is 136 cm³/mol. The Morgan fingerprint density at radius 2 is 1.27 bits per heavy atom. The quantitative estimate of drug-likeness (QED) is 0.237. The fourth-order valence-corrected chi connectivity index (χ4v) is 4.52. The normalized spacial score (nSPS) is 14.3. The van der Waals surface area contributed by atoms with Crippen LogP contribution in [-0.4, -0.2) is 21.5 Å². The molecule has 1 aliphatic rings. The molecule has 0 radical (unpaired) electrons. The molecule has 4 aromatic rings. The van der Waals surface area contributed by atoms with E-state index in [-0.39, 0.29) is 10.7 Å². The molecule has 0 aliphatic carbocycles. The molecule has 1 saturated heterocycles. The number of carbonyl (C=O) groups excluding carboxylic acids is 2. The van der Waals surface area contributed by atoms with Crippen LogP contribution in [-0.2, 0) is 16.1 Å². The van der Waals surface area contributed by atoms with Crippen molar-refractivity contribution < 1.29 is 9.59 Å². The van der Waals surface area contributed by atoms with Crippen LogP contribution in [0.5, 0.6) is 0 Å². The van der Waals surface area contributed by atoms with Gasteiger partial charge in [-0.2, -0.15) is 0 Å². The number of anilines is 2. The smallest absolute Gasteiger partial charge is 0.270 e. The van der Waals surface area contributed by atoms with Gasteiger partial charge in [0.2, 0.25) is 0 Å². The van der Waals surface area contributed by atoms with Gasteiger partial charge in [0, 0.05) is 29.2 Å². The summed E-state index contributed by atoms with van der Waals surface area (Å²) in [6, 6.07) is 26.3. The number of para-hydroxylation sites is 3. The largest absolute Gasteiger partial charge is 0.347 e. The summed E-state index contributed by atoms with van der Waals surface area (Å²) in [5, 5.41) is 1.12. The second-order valence-corrected chi connectivity index (χ2v) is 8.05. The first kappa shape index (κ1) is 20.8. The Morgan fingerprint density at radius 1 is 0.758 bits per heavy atom. The lowest BCUT2D eigenvalue weighted by molar-refractivity contribution is -0.120. The maximum atomic E-state index is 13.7. The average molecular weight is 452 g/mol. The number of carbonyl (C=O) groups is 2. The standard InChI is InChI=1S/C27H21N3O2S/c1-2-28-18-19(22-15-9-10-16-24(22)28)17-23-25(31)29(20-11-5-3-6-12-20)27(33)30(26(23)32)21-13-7-4-8-14-21/h3-18H,2H2,1H3. The van der Waals surface area contributed by atoms with Gasteiger partial charge in [-0.1, -0.05) is 54.6 Å². The molecule has 3 aromatic carbocycles. The average Bonchev–Trinajstić information content (AvgIpc) is 3.21. The van der Waals surface area contributed by atoms with Crippen LogP contribution in [0, 0.1) is 0 Å². The van der Waals surface area contributed by atoms with Gasteiger partial charge in [0.25, 0.3) is 11.8 Å². The summed E-state index contributed by atoms with van der Waals surface area (Å²) in [6.07, 6.45) is 3.66. The molecular weight excluding hydrogens is 430 g/mol. The van der Waals surface area contributed by atoms with Crippen LogP contribution in [0.3, 0.4) is 0 Å². The first-order valence-corrected chi connectivity index (χ1v) is 11.1. The fraction of sp³-hybridized carbons (Fsp3) is 0.0741. The summed E-state index contributed by atoms with van der Waals surface area (Å²) in [5.74, 6) is -0.867. The highest BCUT2D eigenvalue weighted by Gasteiger charge is 2.41. The third-order valence-electron chi connectivity index (χ3n) is 5.74. The van der Waals surface area contributed by atoms with Crippen molar-refractivity contribution in [3.05, 3.63) is 102 Å². The molecule has 5 nitrogen and oxygen atoms in total. The Kier molecular flexibility index (Phi) is 5.36. The van der Waals surface area contributed by atoms with Gasteiger partial charge in [0.15, 0.2) is 5.11 Å². The molecule has 0 N–H and O–H groups in total. The van der Waals surface area contributed by atoms with Crippen molar-refractivity contribution in [1.29, 1.82) is 0 Å². The number of hydrogen-bond acceptors (Lipinski definition) is 3. The molecule has 0 saturated carbocycles. The summed E-state index contributed by atoms with van der Waals surface area (Å²) < 4.78 is 2.11. The lowest BCUT2D eigenvalue weighted by Crippen LogP contribution is -2.56. The summed E-state index contributed by atoms with van der Waals surface area (Å²) in [7, 11) is 0. The molecule has 33 heavy (non-hydrogen) atoms. The number of nitrogens with zero attached hydrogens (tertiary/aromatic N) is 3. The maximum Gasteiger partial charge on any atom is 0.270 e. The SMILES string of the molecule is CCn1cc(C=C2C(=O)N(c3ccccc3)C(=S)N(c3ccccc3)C2=O)c2ccccc21. The molecular formula is C27H21N3O2S. The second kappa shape index (κ2) is 8.48. The Hall–Kier alpha value is -4.03. The summed E-state index contributed by atoms with van der Waals surface area (Å²) in [5.41, 5.74) is 3.16. The van der Waals surface area contributed by atoms with Gasteiger partial charge in [-0.3, -0.25) is 19.4 Å². The molecule has 0 unspecified atom stereocenters. The van der Waals surface area contributed by atoms with Crippen molar-refractivity contribution >= 4 is 57.5 Å². The molecule has 1 aromatic heterocycles. The Balaban J connectivity index is 1.70. The highest BCUT2D eigenvalue weighted by atomic mass is 32.1. The first-order valence-electron chi connectivity index (χ1n) is 10.7. The topological polar surface area (TPSA) is 45.6 Å². The van der Waals surface area contributed by atoms with E-state index >= 15 is 0 Å². The van der Waals surface area contributed by atoms with Crippen molar-refractivity contribution in [3.8, 4) is 0 Å². The van der Waals surface area contributed by atoms with E-state index in [0.717, 1.165) is 23.0 Å². The van der Waals surface area contributed by atoms with Gasteiger partial charge in [-0.15, -0.1) is 0 Å². The lowest BCUT2D eigenvalue weighted by atomic mass is 10.0. The predicted octanol–water partition coefficient (Wildman–Crippen LogP) is 5.41. The van der Waals surface area contributed by atoms with Crippen LogP contribution in [0.25, 0.3) is 17.0 Å². The van der Waals surface area contributed by atoms with Crippen molar-refractivity contribution in [2.75, 3.05) is 9.80 Å². The molecule has 1 aliphatic heterocycles. The number of aromatic nitrogens is 1. The molecule has 2 amide bonds. The Morgan fingerprint density at radius 3 is 1.82 bits per heavy atom. The monoisotopic (exact) mass is 451 g/mol. The van der Waals surface area contributed by atoms with Crippen LogP contribution in [0.4, 0.5) is 11.4 Å². The number of aryl methyl sites for hydroxylation is 1. The van der Waals surface area contributed by atoms with E-state index in [4.69, 9.17) is 12.2 Å². The molecule has 0 bridgehead atoms. The third kappa shape index (κ3) is 3.54. The summed E-state index contributed by atoms with van der Waals surface area (Å²) >= 11 is 5.66. The number of hydrogen-bond donors (Lipinski definition) is 0. The van der Waals surface area contributed by atoms with Gasteiger partial charge in [-0.05, 0) is 55.5 Å². The van der Waals surface area contributed by atoms with Crippen LogP contribution in [0.1, 0.15) is 12.5 Å². The number of amides is 2. The van der Waals surface area contributed by atoms with E-state index in [1.54, 1.807) is 6.08 Å². The van der Waals surface area contributed by atoms with Gasteiger partial charge >= 0.3 is 0 Å². The van der Waals surface area contributed by atoms with E-state index in [2.05, 4.69) is 11.5 Å². The second-order valence-electron chi connectivity index (χ2n) is 7.68. The van der Waals surface area contributed by atoms with Crippen LogP contribution < -0.4 is 9.80 Å². The maximum absolute atomic E-state index is 13.7. The molecule has 162 valence electrons. The third-order valence-corrected chi connectivity index (χ3v) is 6.10. The van der Waals surface area contributed by atoms with Gasteiger partial charge < -0.3 is 4.57 Å². The highest BCUT2D eigenvalue weighted by molar-refractivity contribution is 7.81. The van der Waals surface area contributed by atoms with Crippen molar-refractivity contribution in [1.82, 2.24) is 4.57 Å². The van der Waals surface area contributed by atoms with E-state index in [9.17, 15) is 9.59 Å². The molecule has 0 spiro atoms. The van der Waals surface area contributed by atoms with Crippen molar-refractivity contribution in [3.63, 3.8) is 0 Å². The van der Waals surface area contributed by atoms with E-state index in [1.807, 2.05) is 91.1 Å². The first-order chi connectivity index (χ1) is 16.1. The van der Waals surface area contributed by atoms with Crippen molar-refractivity contribution in [2.45, 2.75) is 13.5 Å². The zero-order chi connectivity index (χ0) is 22.9. The van der Waals surface area contributed by atoms with Gasteiger partial charge in [-0.25, -0.2) is 0 Å². The lowest BCUT2D eigenvalue weighted by Gasteiger charge is -2.36. The minimum Gasteiger partial charge on any atom is -0.347 e. The number of thiocarbonyl (C=S) groups is 1. The highest BCUT2D eigenvalue weighted by Crippen LogP contribution is 2.31. The number of benzene rings is 3. The van der Waals surface area contributed by atoms with Gasteiger partial charge in [0.05, 0.1) is 11.4 Å². The minimum atomic E-state index is -0.434. The Labute approximate surface area is 197 Å². The molecule has 5 rings (SSSR count). The number of rotatable bonds is 4. The number of fused-ring (bicyclic) bond motifs is 1. The Bertz CT molecular complexity index is 1340. The molecule has 0 atom stereocenters. The summed E-state index contributed by atoms with van der Waals surface area (Å²) in [6.45, 7) is 2.84. The zero-order valence-electron chi connectivity index (χ0n) is 18.0. The fourth-order valence-electron chi connectivity index (χ4n) is 4.15. The van der Waals surface area contributed by atoms with E-state index in [0.29, 0.717) is 11.4 Å². The zero-order valence-corrected chi connectivity index (χ0v) is 18.8. The molecule has 6 heteroatoms. The van der Waals surface area contributed by atoms with Crippen LogP contribution in [0.2, 0.25) is 0 Å². The van der Waals surface area contributed by atoms with Crippen molar-refractivity contribution in [2.24, 2.45) is 0 Å². The van der Waals surface area contributed by atoms with Crippen LogP contribution in [0.15, 0.2) is 96.7 Å². The summed E-state index contributed by atoms with van der Waals surface area (Å²) in [4.78, 5) is 30.2. The van der Waals surface area contributed by atoms with Crippen LogP contribution >= 0.6 is 12.2 Å². The molecule has 2 heterocycles. The van der Waals surface area contributed by atoms with E-state index < -0.39 is 11.8 Å². The minimum absolute atomic E-state index is 0.0651. The van der Waals surface area contributed by atoms with E-state index in [1.165, 1.54) is 9.80 Å².